The van der Waals surface area contributed by atoms with Crippen molar-refractivity contribution < 1.29 is 9.47 Å². The molecule has 1 radical (unpaired) electrons. The number of hydrogen-bond donors (Lipinski definition) is 1. The second kappa shape index (κ2) is 8.69. The highest BCUT2D eigenvalue weighted by molar-refractivity contribution is 8.05. The first-order valence-corrected chi connectivity index (χ1v) is 11.3. The Kier molecular flexibility index (Phi) is 6.94. The van der Waals surface area contributed by atoms with Crippen LogP contribution in [0.3, 0.4) is 0 Å². The van der Waals surface area contributed by atoms with E-state index in [-0.39, 0.29) is 11.7 Å². The largest absolute Gasteiger partial charge is 0.374 e. The summed E-state index contributed by atoms with van der Waals surface area (Å²) in [6, 6.07) is 0. The summed E-state index contributed by atoms with van der Waals surface area (Å²) in [5.41, 5.74) is -0.212. The predicted molar refractivity (Wildman–Crippen MR) is 95.5 cm³/mol. The molecular formula is C15H26NO2S3. The minimum atomic E-state index is -0.212. The van der Waals surface area contributed by atoms with Gasteiger partial charge in [-0.3, -0.25) is 0 Å². The van der Waals surface area contributed by atoms with Gasteiger partial charge in [-0.2, -0.15) is 23.5 Å². The van der Waals surface area contributed by atoms with Gasteiger partial charge in [0, 0.05) is 31.3 Å². The Morgan fingerprint density at radius 2 is 2.00 bits per heavy atom. The van der Waals surface area contributed by atoms with E-state index >= 15 is 0 Å². The van der Waals surface area contributed by atoms with Crippen molar-refractivity contribution in [1.82, 2.24) is 5.32 Å². The fraction of sp³-hybridized carbons (Fsp3) is 0.933. The van der Waals surface area contributed by atoms with E-state index in [1.807, 2.05) is 23.5 Å². The van der Waals surface area contributed by atoms with Crippen LogP contribution in [0.25, 0.3) is 0 Å². The number of ether oxygens (including phenoxy) is 2. The highest BCUT2D eigenvalue weighted by atomic mass is 32.2. The smallest absolute Gasteiger partial charge is 0.124 e. The molecule has 3 saturated heterocycles. The van der Waals surface area contributed by atoms with E-state index in [1.54, 1.807) is 0 Å². The molecule has 3 aliphatic heterocycles. The molecular weight excluding hydrogens is 322 g/mol. The van der Waals surface area contributed by atoms with Crippen LogP contribution in [0, 0.1) is 5.25 Å². The van der Waals surface area contributed by atoms with Gasteiger partial charge in [0.1, 0.15) is 5.60 Å². The molecule has 0 aromatic heterocycles. The second-order valence-corrected chi connectivity index (χ2v) is 9.18. The van der Waals surface area contributed by atoms with Crippen molar-refractivity contribution in [3.63, 3.8) is 0 Å². The number of nitrogens with one attached hydrogen (secondary N) is 1. The summed E-state index contributed by atoms with van der Waals surface area (Å²) in [6.45, 7) is 3.72. The Morgan fingerprint density at radius 1 is 1.05 bits per heavy atom. The van der Waals surface area contributed by atoms with Gasteiger partial charge in [0.25, 0.3) is 0 Å². The molecule has 0 saturated carbocycles. The van der Waals surface area contributed by atoms with Gasteiger partial charge in [-0.1, -0.05) is 0 Å². The summed E-state index contributed by atoms with van der Waals surface area (Å²) >= 11 is 6.13. The van der Waals surface area contributed by atoms with Crippen LogP contribution in [0.2, 0.25) is 0 Å². The second-order valence-electron chi connectivity index (χ2n) is 5.73. The third-order valence-corrected chi connectivity index (χ3v) is 7.90. The Morgan fingerprint density at radius 3 is 3.00 bits per heavy atom. The first-order valence-electron chi connectivity index (χ1n) is 8.03. The minimum absolute atomic E-state index is 0.205. The number of hydrogen-bond acceptors (Lipinski definition) is 6. The maximum atomic E-state index is 6.51. The summed E-state index contributed by atoms with van der Waals surface area (Å²) in [4.78, 5) is 0. The molecule has 21 heavy (non-hydrogen) atoms. The molecule has 6 heteroatoms. The van der Waals surface area contributed by atoms with Gasteiger partial charge in [0.15, 0.2) is 0 Å². The Hall–Kier alpha value is 0.930. The van der Waals surface area contributed by atoms with E-state index in [4.69, 9.17) is 9.47 Å². The highest BCUT2D eigenvalue weighted by Gasteiger charge is 2.49. The van der Waals surface area contributed by atoms with Crippen molar-refractivity contribution in [2.45, 2.75) is 31.0 Å². The summed E-state index contributed by atoms with van der Waals surface area (Å²) in [7, 11) is 0. The molecule has 0 aromatic carbocycles. The van der Waals surface area contributed by atoms with Crippen molar-refractivity contribution in [1.29, 1.82) is 0 Å². The average Bonchev–Trinajstić information content (AvgIpc) is 3.02. The molecule has 0 aliphatic carbocycles. The summed E-state index contributed by atoms with van der Waals surface area (Å²) < 4.78 is 12.8. The molecule has 2 atom stereocenters. The minimum Gasteiger partial charge on any atom is -0.374 e. The first kappa shape index (κ1) is 16.8. The molecule has 0 bridgehead atoms. The van der Waals surface area contributed by atoms with E-state index in [2.05, 4.69) is 17.1 Å². The topological polar surface area (TPSA) is 30.5 Å². The van der Waals surface area contributed by atoms with E-state index in [9.17, 15) is 0 Å². The SMILES string of the molecule is C1CNCC([C]2CSCCCS2)(C2CSCCCO2)OC1. The maximum Gasteiger partial charge on any atom is 0.124 e. The van der Waals surface area contributed by atoms with Crippen LogP contribution in [0.5, 0.6) is 0 Å². The van der Waals surface area contributed by atoms with E-state index < -0.39 is 0 Å². The standard InChI is InChI=1S/C15H26NO2S3/c1-4-16-12-15(18-6-1,13-10-19-7-2-5-17-13)14-11-20-8-3-9-21-14/h13,16H,1-12H2. The van der Waals surface area contributed by atoms with Gasteiger partial charge in [-0.15, -0.1) is 11.8 Å². The average molecular weight is 349 g/mol. The summed E-state index contributed by atoms with van der Waals surface area (Å²) in [6.07, 6.45) is 3.79. The van der Waals surface area contributed by atoms with Crippen LogP contribution in [-0.2, 0) is 9.47 Å². The van der Waals surface area contributed by atoms with E-state index in [1.165, 1.54) is 35.4 Å². The highest BCUT2D eigenvalue weighted by Crippen LogP contribution is 2.44. The van der Waals surface area contributed by atoms with Crippen LogP contribution in [0.1, 0.15) is 19.3 Å². The number of rotatable bonds is 2. The van der Waals surface area contributed by atoms with Gasteiger partial charge in [-0.05, 0) is 43.1 Å². The zero-order valence-corrected chi connectivity index (χ0v) is 15.1. The quantitative estimate of drug-likeness (QED) is 0.825. The molecule has 3 heterocycles. The van der Waals surface area contributed by atoms with Crippen LogP contribution in [0.15, 0.2) is 0 Å². The lowest BCUT2D eigenvalue weighted by molar-refractivity contribution is -0.112. The fourth-order valence-electron chi connectivity index (χ4n) is 3.04. The molecule has 0 spiro atoms. The molecule has 1 N–H and O–H groups in total. The molecule has 0 aromatic rings. The number of thioether (sulfide) groups is 3. The van der Waals surface area contributed by atoms with Crippen molar-refractivity contribution in [3.8, 4) is 0 Å². The van der Waals surface area contributed by atoms with Crippen LogP contribution >= 0.6 is 35.3 Å². The van der Waals surface area contributed by atoms with E-state index in [0.717, 1.165) is 44.2 Å². The van der Waals surface area contributed by atoms with Gasteiger partial charge < -0.3 is 14.8 Å². The van der Waals surface area contributed by atoms with Crippen molar-refractivity contribution in [2.75, 3.05) is 55.1 Å². The van der Waals surface area contributed by atoms with E-state index in [0.29, 0.717) is 0 Å². The molecule has 3 nitrogen and oxygen atoms in total. The first-order chi connectivity index (χ1) is 10.4. The van der Waals surface area contributed by atoms with Gasteiger partial charge in [0.05, 0.1) is 11.4 Å². The monoisotopic (exact) mass is 348 g/mol. The lowest BCUT2D eigenvalue weighted by Crippen LogP contribution is -2.57. The summed E-state index contributed by atoms with van der Waals surface area (Å²) in [5.74, 6) is 5.91. The van der Waals surface area contributed by atoms with Crippen molar-refractivity contribution >= 4 is 35.3 Å². The van der Waals surface area contributed by atoms with Gasteiger partial charge >= 0.3 is 0 Å². The normalized spacial score (nSPS) is 37.4. The molecule has 3 aliphatic rings. The molecule has 3 fully saturated rings. The third-order valence-electron chi connectivity index (χ3n) is 4.20. The Balaban J connectivity index is 1.80. The van der Waals surface area contributed by atoms with Gasteiger partial charge in [0.2, 0.25) is 0 Å². The van der Waals surface area contributed by atoms with Crippen LogP contribution in [0.4, 0.5) is 0 Å². The van der Waals surface area contributed by atoms with Gasteiger partial charge in [-0.25, -0.2) is 0 Å². The molecule has 3 rings (SSSR count). The lowest BCUT2D eigenvalue weighted by Gasteiger charge is -2.43. The van der Waals surface area contributed by atoms with Crippen molar-refractivity contribution in [2.24, 2.45) is 0 Å². The molecule has 2 unspecified atom stereocenters. The zero-order valence-electron chi connectivity index (χ0n) is 12.6. The Labute approximate surface area is 141 Å². The lowest BCUT2D eigenvalue weighted by atomic mass is 9.93. The fourth-order valence-corrected chi connectivity index (χ4v) is 6.84. The molecule has 121 valence electrons. The predicted octanol–water partition coefficient (Wildman–Crippen LogP) is 2.66. The summed E-state index contributed by atoms with van der Waals surface area (Å²) in [5, 5.41) is 5.14. The van der Waals surface area contributed by atoms with Crippen LogP contribution < -0.4 is 5.32 Å². The molecule has 0 amide bonds. The maximum absolute atomic E-state index is 6.51. The zero-order chi connectivity index (χ0) is 14.4. The Bertz CT molecular complexity index is 273. The van der Waals surface area contributed by atoms with Crippen LogP contribution in [-0.4, -0.2) is 66.8 Å². The third kappa shape index (κ3) is 4.27. The van der Waals surface area contributed by atoms with Crippen molar-refractivity contribution in [3.05, 3.63) is 5.25 Å².